The Labute approximate surface area is 158 Å². The predicted octanol–water partition coefficient (Wildman–Crippen LogP) is 5.35. The first kappa shape index (κ1) is 18.6. The lowest BCUT2D eigenvalue weighted by Gasteiger charge is -2.16. The molecule has 0 aromatic heterocycles. The second kappa shape index (κ2) is 8.94. The summed E-state index contributed by atoms with van der Waals surface area (Å²) in [6, 6.07) is 18.7. The van der Waals surface area contributed by atoms with Crippen molar-refractivity contribution < 1.29 is 23.7 Å². The van der Waals surface area contributed by atoms with Crippen molar-refractivity contribution >= 4 is 16.9 Å². The van der Waals surface area contributed by atoms with Crippen LogP contribution in [0.25, 0.3) is 10.8 Å². The first-order chi connectivity index (χ1) is 13.2. The molecule has 0 unspecified atom stereocenters. The molecule has 0 atom stereocenters. The molecule has 0 saturated carbocycles. The fraction of sp³-hybridized carbons (Fsp3) is 0.227. The van der Waals surface area contributed by atoms with Gasteiger partial charge in [-0.25, -0.2) is 4.79 Å². The van der Waals surface area contributed by atoms with Gasteiger partial charge in [-0.15, -0.1) is 0 Å². The first-order valence-electron chi connectivity index (χ1n) is 8.92. The summed E-state index contributed by atoms with van der Waals surface area (Å²) >= 11 is 0. The van der Waals surface area contributed by atoms with Gasteiger partial charge >= 0.3 is 6.16 Å². The Morgan fingerprint density at radius 3 is 2.15 bits per heavy atom. The lowest BCUT2D eigenvalue weighted by molar-refractivity contribution is 0.0919. The zero-order valence-corrected chi connectivity index (χ0v) is 15.4. The summed E-state index contributed by atoms with van der Waals surface area (Å²) in [6.07, 6.45) is -0.783. The smallest absolute Gasteiger partial charge is 0.493 e. The summed E-state index contributed by atoms with van der Waals surface area (Å²) in [4.78, 5) is 12.3. The van der Waals surface area contributed by atoms with Crippen LogP contribution < -0.4 is 14.2 Å². The van der Waals surface area contributed by atoms with E-state index >= 15 is 0 Å². The zero-order valence-electron chi connectivity index (χ0n) is 15.4. The Bertz CT molecular complexity index is 905. The molecule has 0 radical (unpaired) electrons. The van der Waals surface area contributed by atoms with Crippen molar-refractivity contribution in [1.82, 2.24) is 0 Å². The van der Waals surface area contributed by atoms with E-state index in [4.69, 9.17) is 18.9 Å². The van der Waals surface area contributed by atoms with Crippen molar-refractivity contribution in [2.45, 2.75) is 20.5 Å². The number of ether oxygens (including phenoxy) is 4. The lowest BCUT2D eigenvalue weighted by atomic mass is 10.1. The molecule has 0 aliphatic carbocycles. The van der Waals surface area contributed by atoms with Gasteiger partial charge in [-0.2, -0.15) is 0 Å². The topological polar surface area (TPSA) is 54.0 Å². The minimum absolute atomic E-state index is 0.138. The minimum atomic E-state index is -0.783. The van der Waals surface area contributed by atoms with Crippen LogP contribution in [-0.4, -0.2) is 19.4 Å². The molecule has 5 heteroatoms. The third-order valence-corrected chi connectivity index (χ3v) is 3.91. The van der Waals surface area contributed by atoms with Crippen LogP contribution >= 0.6 is 0 Å². The van der Waals surface area contributed by atoms with E-state index in [9.17, 15) is 4.79 Å². The van der Waals surface area contributed by atoms with Gasteiger partial charge < -0.3 is 18.9 Å². The Morgan fingerprint density at radius 1 is 0.815 bits per heavy atom. The van der Waals surface area contributed by atoms with Gasteiger partial charge in [0, 0.05) is 16.8 Å². The van der Waals surface area contributed by atoms with E-state index in [1.807, 2.05) is 68.4 Å². The molecule has 5 nitrogen and oxygen atoms in total. The van der Waals surface area contributed by atoms with Crippen LogP contribution in [0.5, 0.6) is 17.2 Å². The highest BCUT2D eigenvalue weighted by molar-refractivity contribution is 5.96. The highest BCUT2D eigenvalue weighted by Crippen LogP contribution is 2.41. The highest BCUT2D eigenvalue weighted by atomic mass is 16.7. The van der Waals surface area contributed by atoms with Gasteiger partial charge in [0.15, 0.2) is 11.5 Å². The standard InChI is InChI=1S/C22H22O5/c1-3-24-19-14-20(25-4-2)21(18-13-9-8-12-17(18)19)27-22(23)26-15-16-10-6-5-7-11-16/h5-14H,3-4,15H2,1-2H3. The summed E-state index contributed by atoms with van der Waals surface area (Å²) in [5.41, 5.74) is 0.885. The molecule has 0 saturated heterocycles. The largest absolute Gasteiger partial charge is 0.514 e. The van der Waals surface area contributed by atoms with E-state index < -0.39 is 6.16 Å². The van der Waals surface area contributed by atoms with Crippen molar-refractivity contribution in [1.29, 1.82) is 0 Å². The maximum Gasteiger partial charge on any atom is 0.514 e. The summed E-state index contributed by atoms with van der Waals surface area (Å²) in [5, 5.41) is 1.57. The summed E-state index contributed by atoms with van der Waals surface area (Å²) in [7, 11) is 0. The average molecular weight is 366 g/mol. The molecule has 27 heavy (non-hydrogen) atoms. The van der Waals surface area contributed by atoms with Crippen LogP contribution in [0.1, 0.15) is 19.4 Å². The molecule has 0 amide bonds. The molecule has 140 valence electrons. The number of hydrogen-bond acceptors (Lipinski definition) is 5. The SMILES string of the molecule is CCOc1cc(OCC)c2ccccc2c1OC(=O)OCc1ccccc1. The summed E-state index contributed by atoms with van der Waals surface area (Å²) in [5.74, 6) is 1.45. The van der Waals surface area contributed by atoms with Gasteiger partial charge in [-0.05, 0) is 19.4 Å². The lowest BCUT2D eigenvalue weighted by Crippen LogP contribution is -2.12. The van der Waals surface area contributed by atoms with Crippen LogP contribution in [0, 0.1) is 0 Å². The fourth-order valence-corrected chi connectivity index (χ4v) is 2.76. The number of carbonyl (C=O) groups excluding carboxylic acids is 1. The Kier molecular flexibility index (Phi) is 6.15. The molecular formula is C22H22O5. The van der Waals surface area contributed by atoms with Crippen LogP contribution in [0.15, 0.2) is 60.7 Å². The molecule has 0 N–H and O–H groups in total. The van der Waals surface area contributed by atoms with E-state index in [2.05, 4.69) is 0 Å². The second-order valence-corrected chi connectivity index (χ2v) is 5.74. The Balaban J connectivity index is 1.88. The molecule has 0 aliphatic heterocycles. The Hall–Kier alpha value is -3.21. The van der Waals surface area contributed by atoms with Gasteiger partial charge in [-0.3, -0.25) is 0 Å². The third-order valence-electron chi connectivity index (χ3n) is 3.91. The maximum atomic E-state index is 12.3. The van der Waals surface area contributed by atoms with Crippen molar-refractivity contribution in [2.75, 3.05) is 13.2 Å². The van der Waals surface area contributed by atoms with E-state index in [0.29, 0.717) is 30.5 Å². The third kappa shape index (κ3) is 4.50. The number of fused-ring (bicyclic) bond motifs is 1. The van der Waals surface area contributed by atoms with Gasteiger partial charge in [0.2, 0.25) is 0 Å². The molecule has 0 spiro atoms. The molecule has 0 bridgehead atoms. The summed E-state index contributed by atoms with van der Waals surface area (Å²) < 4.78 is 22.2. The first-order valence-corrected chi connectivity index (χ1v) is 8.92. The van der Waals surface area contributed by atoms with Crippen molar-refractivity contribution in [3.63, 3.8) is 0 Å². The van der Waals surface area contributed by atoms with E-state index in [0.717, 1.165) is 16.3 Å². The van der Waals surface area contributed by atoms with Gasteiger partial charge in [0.05, 0.1) is 13.2 Å². The van der Waals surface area contributed by atoms with Crippen LogP contribution in [-0.2, 0) is 11.3 Å². The second-order valence-electron chi connectivity index (χ2n) is 5.74. The number of benzene rings is 3. The highest BCUT2D eigenvalue weighted by Gasteiger charge is 2.19. The van der Waals surface area contributed by atoms with Gasteiger partial charge in [0.25, 0.3) is 0 Å². The Morgan fingerprint density at radius 2 is 1.44 bits per heavy atom. The average Bonchev–Trinajstić information content (AvgIpc) is 2.70. The van der Waals surface area contributed by atoms with Crippen molar-refractivity contribution in [3.05, 3.63) is 66.2 Å². The van der Waals surface area contributed by atoms with Crippen LogP contribution in [0.3, 0.4) is 0 Å². The van der Waals surface area contributed by atoms with Gasteiger partial charge in [0.1, 0.15) is 12.4 Å². The van der Waals surface area contributed by atoms with Crippen molar-refractivity contribution in [3.8, 4) is 17.2 Å². The summed E-state index contributed by atoms with van der Waals surface area (Å²) in [6.45, 7) is 4.88. The van der Waals surface area contributed by atoms with Crippen LogP contribution in [0.4, 0.5) is 4.79 Å². The fourth-order valence-electron chi connectivity index (χ4n) is 2.76. The molecule has 0 aliphatic rings. The maximum absolute atomic E-state index is 12.3. The van der Waals surface area contributed by atoms with E-state index in [1.165, 1.54) is 0 Å². The molecule has 3 rings (SSSR count). The number of hydrogen-bond donors (Lipinski definition) is 0. The normalized spacial score (nSPS) is 10.4. The van der Waals surface area contributed by atoms with E-state index in [1.54, 1.807) is 6.07 Å². The number of rotatable bonds is 7. The molecule has 3 aromatic carbocycles. The monoisotopic (exact) mass is 366 g/mol. The minimum Gasteiger partial charge on any atom is -0.493 e. The van der Waals surface area contributed by atoms with Crippen molar-refractivity contribution in [2.24, 2.45) is 0 Å². The molecular weight excluding hydrogens is 344 g/mol. The molecule has 0 fully saturated rings. The predicted molar refractivity (Wildman–Crippen MR) is 104 cm³/mol. The molecule has 0 heterocycles. The quantitative estimate of drug-likeness (QED) is 0.417. The number of carbonyl (C=O) groups is 1. The zero-order chi connectivity index (χ0) is 19.1. The van der Waals surface area contributed by atoms with E-state index in [-0.39, 0.29) is 6.61 Å². The van der Waals surface area contributed by atoms with Crippen LogP contribution in [0.2, 0.25) is 0 Å². The molecule has 3 aromatic rings. The van der Waals surface area contributed by atoms with Gasteiger partial charge in [-0.1, -0.05) is 54.6 Å².